The average Bonchev–Trinajstić information content (AvgIpc) is 3.21. The number of aromatic nitrogens is 1. The Morgan fingerprint density at radius 3 is 2.75 bits per heavy atom. The van der Waals surface area contributed by atoms with E-state index in [0.29, 0.717) is 17.2 Å². The third-order valence-electron chi connectivity index (χ3n) is 4.01. The number of amides is 1. The van der Waals surface area contributed by atoms with Crippen LogP contribution in [0.25, 0.3) is 0 Å². The smallest absolute Gasteiger partial charge is 0.258 e. The van der Waals surface area contributed by atoms with Crippen LogP contribution in [-0.2, 0) is 12.8 Å². The third-order valence-corrected chi connectivity index (χ3v) is 4.01. The summed E-state index contributed by atoms with van der Waals surface area (Å²) in [7, 11) is 0. The number of hydrogen-bond acceptors (Lipinski definition) is 4. The molecular formula is C19H16N2O3. The second-order valence-corrected chi connectivity index (χ2v) is 5.69. The molecule has 1 aromatic heterocycles. The summed E-state index contributed by atoms with van der Waals surface area (Å²) in [5, 5.41) is 6.81. The highest BCUT2D eigenvalue weighted by atomic mass is 16.5. The van der Waals surface area contributed by atoms with Gasteiger partial charge in [-0.2, -0.15) is 0 Å². The van der Waals surface area contributed by atoms with Gasteiger partial charge in [-0.1, -0.05) is 29.4 Å². The SMILES string of the molecule is O=C(Nc1onc2c1CCC2)c1cccc(Oc2ccccc2)c1. The topological polar surface area (TPSA) is 64.4 Å². The third kappa shape index (κ3) is 2.88. The first-order valence-corrected chi connectivity index (χ1v) is 7.91. The van der Waals surface area contributed by atoms with Gasteiger partial charge >= 0.3 is 0 Å². The number of rotatable bonds is 4. The summed E-state index contributed by atoms with van der Waals surface area (Å²) in [6.45, 7) is 0. The van der Waals surface area contributed by atoms with Crippen molar-refractivity contribution >= 4 is 11.8 Å². The average molecular weight is 320 g/mol. The lowest BCUT2D eigenvalue weighted by molar-refractivity contribution is 0.102. The molecule has 3 aromatic rings. The standard InChI is InChI=1S/C19H16N2O3/c22-18(20-19-16-10-5-11-17(16)21-24-19)13-6-4-9-15(12-13)23-14-7-2-1-3-8-14/h1-4,6-9,12H,5,10-11H2,(H,20,22). The summed E-state index contributed by atoms with van der Waals surface area (Å²) in [6.07, 6.45) is 2.86. The van der Waals surface area contributed by atoms with Crippen molar-refractivity contribution < 1.29 is 14.1 Å². The van der Waals surface area contributed by atoms with Crippen LogP contribution in [0.2, 0.25) is 0 Å². The number of fused-ring (bicyclic) bond motifs is 1. The molecule has 0 spiro atoms. The van der Waals surface area contributed by atoms with Crippen molar-refractivity contribution in [1.29, 1.82) is 0 Å². The molecule has 0 saturated heterocycles. The largest absolute Gasteiger partial charge is 0.457 e. The Hall–Kier alpha value is -3.08. The molecule has 1 heterocycles. The molecule has 1 aliphatic carbocycles. The summed E-state index contributed by atoms with van der Waals surface area (Å²) in [4.78, 5) is 12.5. The minimum atomic E-state index is -0.237. The van der Waals surface area contributed by atoms with E-state index < -0.39 is 0 Å². The van der Waals surface area contributed by atoms with Gasteiger partial charge in [-0.15, -0.1) is 0 Å². The minimum absolute atomic E-state index is 0.237. The van der Waals surface area contributed by atoms with Crippen molar-refractivity contribution in [1.82, 2.24) is 5.16 Å². The Balaban J connectivity index is 1.51. The van der Waals surface area contributed by atoms with Gasteiger partial charge in [0.2, 0.25) is 5.88 Å². The Morgan fingerprint density at radius 2 is 1.88 bits per heavy atom. The van der Waals surface area contributed by atoms with E-state index in [9.17, 15) is 4.79 Å². The van der Waals surface area contributed by atoms with Crippen LogP contribution in [0.5, 0.6) is 11.5 Å². The molecular weight excluding hydrogens is 304 g/mol. The summed E-state index contributed by atoms with van der Waals surface area (Å²) in [5.41, 5.74) is 2.47. The second kappa shape index (κ2) is 6.20. The van der Waals surface area contributed by atoms with Gasteiger partial charge in [0, 0.05) is 11.1 Å². The zero-order valence-electron chi connectivity index (χ0n) is 13.0. The molecule has 0 aliphatic heterocycles. The summed E-state index contributed by atoms with van der Waals surface area (Å²) in [5.74, 6) is 1.56. The highest BCUT2D eigenvalue weighted by Gasteiger charge is 2.22. The predicted octanol–water partition coefficient (Wildman–Crippen LogP) is 4.21. The van der Waals surface area contributed by atoms with Gasteiger partial charge in [-0.05, 0) is 49.6 Å². The number of para-hydroxylation sites is 1. The van der Waals surface area contributed by atoms with Gasteiger partial charge in [0.15, 0.2) is 0 Å². The van der Waals surface area contributed by atoms with Gasteiger partial charge in [-0.25, -0.2) is 0 Å². The number of aryl methyl sites for hydroxylation is 1. The maximum absolute atomic E-state index is 12.5. The van der Waals surface area contributed by atoms with Crippen molar-refractivity contribution in [2.75, 3.05) is 5.32 Å². The number of nitrogens with zero attached hydrogens (tertiary/aromatic N) is 1. The molecule has 1 N–H and O–H groups in total. The van der Waals surface area contributed by atoms with Gasteiger partial charge in [0.1, 0.15) is 11.5 Å². The fraction of sp³-hybridized carbons (Fsp3) is 0.158. The molecule has 120 valence electrons. The molecule has 0 unspecified atom stereocenters. The van der Waals surface area contributed by atoms with Crippen LogP contribution in [0.15, 0.2) is 59.1 Å². The fourth-order valence-corrected chi connectivity index (χ4v) is 2.83. The fourth-order valence-electron chi connectivity index (χ4n) is 2.83. The zero-order valence-corrected chi connectivity index (χ0v) is 13.0. The molecule has 24 heavy (non-hydrogen) atoms. The van der Waals surface area contributed by atoms with E-state index in [2.05, 4.69) is 10.5 Å². The zero-order chi connectivity index (χ0) is 16.4. The minimum Gasteiger partial charge on any atom is -0.457 e. The van der Waals surface area contributed by atoms with Gasteiger partial charge in [0.05, 0.1) is 5.69 Å². The lowest BCUT2D eigenvalue weighted by atomic mass is 10.2. The highest BCUT2D eigenvalue weighted by molar-refractivity contribution is 6.04. The van der Waals surface area contributed by atoms with Crippen molar-refractivity contribution in [3.05, 3.63) is 71.4 Å². The molecule has 0 saturated carbocycles. The van der Waals surface area contributed by atoms with E-state index in [4.69, 9.17) is 9.26 Å². The van der Waals surface area contributed by atoms with E-state index in [1.807, 2.05) is 36.4 Å². The quantitative estimate of drug-likeness (QED) is 0.782. The summed E-state index contributed by atoms with van der Waals surface area (Å²) >= 11 is 0. The van der Waals surface area contributed by atoms with Crippen molar-refractivity contribution in [2.45, 2.75) is 19.3 Å². The van der Waals surface area contributed by atoms with Crippen molar-refractivity contribution in [3.63, 3.8) is 0 Å². The number of benzene rings is 2. The number of ether oxygens (including phenoxy) is 1. The number of carbonyl (C=O) groups is 1. The van der Waals surface area contributed by atoms with Crippen molar-refractivity contribution in [3.8, 4) is 11.5 Å². The van der Waals surface area contributed by atoms with Crippen LogP contribution < -0.4 is 10.1 Å². The lowest BCUT2D eigenvalue weighted by Crippen LogP contribution is -2.12. The Bertz CT molecular complexity index is 871. The molecule has 0 atom stereocenters. The molecule has 0 bridgehead atoms. The molecule has 4 rings (SSSR count). The lowest BCUT2D eigenvalue weighted by Gasteiger charge is -2.07. The van der Waals surface area contributed by atoms with Crippen molar-refractivity contribution in [2.24, 2.45) is 0 Å². The normalized spacial score (nSPS) is 12.7. The van der Waals surface area contributed by atoms with E-state index in [1.165, 1.54) is 0 Å². The summed E-state index contributed by atoms with van der Waals surface area (Å²) < 4.78 is 11.0. The molecule has 1 amide bonds. The Kier molecular flexibility index (Phi) is 3.75. The number of anilines is 1. The maximum atomic E-state index is 12.5. The van der Waals surface area contributed by atoms with Crippen LogP contribution >= 0.6 is 0 Å². The number of nitrogens with one attached hydrogen (secondary N) is 1. The second-order valence-electron chi connectivity index (χ2n) is 5.69. The van der Waals surface area contributed by atoms with E-state index in [0.717, 1.165) is 36.3 Å². The van der Waals surface area contributed by atoms with Gasteiger partial charge in [0.25, 0.3) is 5.91 Å². The molecule has 0 fully saturated rings. The van der Waals surface area contributed by atoms with Crippen LogP contribution in [0.1, 0.15) is 28.0 Å². The van der Waals surface area contributed by atoms with E-state index >= 15 is 0 Å². The predicted molar refractivity (Wildman–Crippen MR) is 89.4 cm³/mol. The van der Waals surface area contributed by atoms with Gasteiger partial charge < -0.3 is 9.26 Å². The van der Waals surface area contributed by atoms with Crippen LogP contribution in [0.3, 0.4) is 0 Å². The van der Waals surface area contributed by atoms with Crippen LogP contribution in [0, 0.1) is 0 Å². The number of hydrogen-bond donors (Lipinski definition) is 1. The van der Waals surface area contributed by atoms with E-state index in [1.54, 1.807) is 18.2 Å². The Labute approximate surface area is 139 Å². The Morgan fingerprint density at radius 1 is 1.04 bits per heavy atom. The first kappa shape index (κ1) is 14.5. The molecule has 0 radical (unpaired) electrons. The number of carbonyl (C=O) groups excluding carboxylic acids is 1. The molecule has 1 aliphatic rings. The maximum Gasteiger partial charge on any atom is 0.258 e. The molecule has 5 heteroatoms. The summed E-state index contributed by atoms with van der Waals surface area (Å²) in [6, 6.07) is 16.5. The van der Waals surface area contributed by atoms with E-state index in [-0.39, 0.29) is 5.91 Å². The first-order chi connectivity index (χ1) is 11.8. The highest BCUT2D eigenvalue weighted by Crippen LogP contribution is 2.29. The molecule has 2 aromatic carbocycles. The van der Waals surface area contributed by atoms with Crippen LogP contribution in [0.4, 0.5) is 5.88 Å². The monoisotopic (exact) mass is 320 g/mol. The first-order valence-electron chi connectivity index (χ1n) is 7.91. The van der Waals surface area contributed by atoms with Gasteiger partial charge in [-0.3, -0.25) is 10.1 Å². The van der Waals surface area contributed by atoms with Crippen LogP contribution in [-0.4, -0.2) is 11.1 Å². The molecule has 5 nitrogen and oxygen atoms in total.